The van der Waals surface area contributed by atoms with Gasteiger partial charge >= 0.3 is 0 Å². The van der Waals surface area contributed by atoms with Crippen LogP contribution in [0.4, 0.5) is 10.1 Å². The molecule has 0 saturated heterocycles. The summed E-state index contributed by atoms with van der Waals surface area (Å²) in [5, 5.41) is 26.6. The van der Waals surface area contributed by atoms with E-state index in [2.05, 4.69) is 36.4 Å². The van der Waals surface area contributed by atoms with Gasteiger partial charge in [0.05, 0.1) is 11.4 Å². The van der Waals surface area contributed by atoms with Crippen LogP contribution in [0.5, 0.6) is 0 Å². The summed E-state index contributed by atoms with van der Waals surface area (Å²) in [7, 11) is 0. The number of nitrogens with zero attached hydrogens (tertiary/aromatic N) is 6. The van der Waals surface area contributed by atoms with Crippen LogP contribution in [0.1, 0.15) is 27.3 Å². The Labute approximate surface area is 195 Å². The van der Waals surface area contributed by atoms with Crippen molar-refractivity contribution in [3.8, 4) is 5.69 Å². The molecule has 33 heavy (non-hydrogen) atoms. The maximum absolute atomic E-state index is 13.0. The van der Waals surface area contributed by atoms with Crippen LogP contribution in [-0.2, 0) is 17.1 Å². The molecule has 0 spiro atoms. The molecule has 0 aliphatic rings. The smallest absolute Gasteiger partial charge is 0.282 e. The Bertz CT molecular complexity index is 1280. The Balaban J connectivity index is 1.36. The maximum atomic E-state index is 13.0. The van der Waals surface area contributed by atoms with Crippen molar-refractivity contribution in [1.29, 1.82) is 0 Å². The molecule has 0 aliphatic heterocycles. The fourth-order valence-corrected chi connectivity index (χ4v) is 4.37. The number of aromatic nitrogens is 6. The molecule has 13 heteroatoms. The van der Waals surface area contributed by atoms with Gasteiger partial charge in [0.15, 0.2) is 0 Å². The van der Waals surface area contributed by atoms with Gasteiger partial charge in [-0.25, -0.2) is 4.39 Å². The Morgan fingerprint density at radius 3 is 2.73 bits per heavy atom. The van der Waals surface area contributed by atoms with Crippen LogP contribution < -0.4 is 10.6 Å². The molecule has 10 nitrogen and oxygen atoms in total. The Morgan fingerprint density at radius 1 is 1.12 bits per heavy atom. The third kappa shape index (κ3) is 5.96. The monoisotopic (exact) mass is 484 g/mol. The summed E-state index contributed by atoms with van der Waals surface area (Å²) in [6.45, 7) is 1.69. The van der Waals surface area contributed by atoms with Crippen LogP contribution >= 0.6 is 23.1 Å². The van der Waals surface area contributed by atoms with Gasteiger partial charge in [-0.05, 0) is 46.3 Å². The minimum Gasteiger partial charge on any atom is -0.346 e. The fraction of sp³-hybridized carbons (Fsp3) is 0.150. The average Bonchev–Trinajstić information content (AvgIpc) is 3.46. The fourth-order valence-electron chi connectivity index (χ4n) is 2.74. The molecule has 2 aromatic heterocycles. The summed E-state index contributed by atoms with van der Waals surface area (Å²) in [5.41, 5.74) is 2.10. The SMILES string of the molecule is CC(=O)Nc1cccc(-n2nnnc2SCc2nnc(C(=O)NCc3ccc(F)cc3)s2)c1. The second kappa shape index (κ2) is 10.3. The Hall–Kier alpha value is -3.71. The lowest BCUT2D eigenvalue weighted by Crippen LogP contribution is -2.22. The van der Waals surface area contributed by atoms with Crippen molar-refractivity contribution in [2.75, 3.05) is 5.32 Å². The summed E-state index contributed by atoms with van der Waals surface area (Å²) in [6, 6.07) is 13.0. The van der Waals surface area contributed by atoms with E-state index in [1.807, 2.05) is 6.07 Å². The predicted octanol–water partition coefficient (Wildman–Crippen LogP) is 2.83. The van der Waals surface area contributed by atoms with Gasteiger partial charge < -0.3 is 10.6 Å². The van der Waals surface area contributed by atoms with Gasteiger partial charge in [-0.1, -0.05) is 41.3 Å². The van der Waals surface area contributed by atoms with Gasteiger partial charge in [-0.15, -0.1) is 15.3 Å². The molecule has 2 N–H and O–H groups in total. The highest BCUT2D eigenvalue weighted by molar-refractivity contribution is 7.98. The van der Waals surface area contributed by atoms with E-state index in [0.29, 0.717) is 27.3 Å². The first-order valence-electron chi connectivity index (χ1n) is 9.62. The van der Waals surface area contributed by atoms with Crippen LogP contribution in [0.25, 0.3) is 5.69 Å². The highest BCUT2D eigenvalue weighted by Gasteiger charge is 2.15. The van der Waals surface area contributed by atoms with Crippen molar-refractivity contribution < 1.29 is 14.0 Å². The topological polar surface area (TPSA) is 128 Å². The first-order chi connectivity index (χ1) is 16.0. The molecule has 4 rings (SSSR count). The second-order valence-corrected chi connectivity index (χ2v) is 8.71. The third-order valence-electron chi connectivity index (χ3n) is 4.20. The van der Waals surface area contributed by atoms with Gasteiger partial charge in [0.1, 0.15) is 10.8 Å². The molecule has 2 aromatic carbocycles. The summed E-state index contributed by atoms with van der Waals surface area (Å²) < 4.78 is 14.5. The molecule has 4 aromatic rings. The van der Waals surface area contributed by atoms with Crippen molar-refractivity contribution >= 4 is 40.6 Å². The van der Waals surface area contributed by atoms with Crippen LogP contribution in [-0.4, -0.2) is 42.2 Å². The largest absolute Gasteiger partial charge is 0.346 e. The van der Waals surface area contributed by atoms with Gasteiger partial charge in [0, 0.05) is 19.2 Å². The van der Waals surface area contributed by atoms with Crippen molar-refractivity contribution in [3.63, 3.8) is 0 Å². The highest BCUT2D eigenvalue weighted by Crippen LogP contribution is 2.25. The highest BCUT2D eigenvalue weighted by atomic mass is 32.2. The second-order valence-electron chi connectivity index (χ2n) is 6.70. The van der Waals surface area contributed by atoms with E-state index in [1.165, 1.54) is 42.2 Å². The van der Waals surface area contributed by atoms with Crippen molar-refractivity contribution in [2.45, 2.75) is 24.4 Å². The van der Waals surface area contributed by atoms with E-state index in [-0.39, 0.29) is 29.2 Å². The number of rotatable bonds is 8. The molecule has 2 heterocycles. The molecule has 0 unspecified atom stereocenters. The van der Waals surface area contributed by atoms with E-state index in [9.17, 15) is 14.0 Å². The van der Waals surface area contributed by atoms with Gasteiger partial charge in [-0.3, -0.25) is 9.59 Å². The zero-order valence-electron chi connectivity index (χ0n) is 17.2. The zero-order valence-corrected chi connectivity index (χ0v) is 18.9. The van der Waals surface area contributed by atoms with Crippen LogP contribution in [0.2, 0.25) is 0 Å². The molecule has 0 atom stereocenters. The average molecular weight is 485 g/mol. The summed E-state index contributed by atoms with van der Waals surface area (Å²) in [6.07, 6.45) is 0. The summed E-state index contributed by atoms with van der Waals surface area (Å²) in [5.74, 6) is -0.447. The van der Waals surface area contributed by atoms with E-state index >= 15 is 0 Å². The maximum Gasteiger partial charge on any atom is 0.282 e. The molecule has 0 aliphatic carbocycles. The lowest BCUT2D eigenvalue weighted by atomic mass is 10.2. The number of tetrazole rings is 1. The quantitative estimate of drug-likeness (QED) is 0.366. The number of hydrogen-bond donors (Lipinski definition) is 2. The summed E-state index contributed by atoms with van der Waals surface area (Å²) in [4.78, 5) is 23.6. The summed E-state index contributed by atoms with van der Waals surface area (Å²) >= 11 is 2.51. The lowest BCUT2D eigenvalue weighted by molar-refractivity contribution is -0.114. The number of hydrogen-bond acceptors (Lipinski definition) is 9. The molecular formula is C20H17FN8O2S2. The minimum atomic E-state index is -0.354. The van der Waals surface area contributed by atoms with Gasteiger partial charge in [0.25, 0.3) is 5.91 Å². The number of carbonyl (C=O) groups excluding carboxylic acids is 2. The lowest BCUT2D eigenvalue weighted by Gasteiger charge is -2.06. The molecule has 0 saturated carbocycles. The number of nitrogens with one attached hydrogen (secondary N) is 2. The van der Waals surface area contributed by atoms with Crippen molar-refractivity contribution in [1.82, 2.24) is 35.7 Å². The van der Waals surface area contributed by atoms with Gasteiger partial charge in [-0.2, -0.15) is 4.68 Å². The van der Waals surface area contributed by atoms with E-state index in [4.69, 9.17) is 0 Å². The number of thioether (sulfide) groups is 1. The zero-order chi connectivity index (χ0) is 23.2. The predicted molar refractivity (Wildman–Crippen MR) is 120 cm³/mol. The van der Waals surface area contributed by atoms with Gasteiger partial charge in [0.2, 0.25) is 16.1 Å². The van der Waals surface area contributed by atoms with E-state index in [1.54, 1.807) is 35.0 Å². The molecule has 0 radical (unpaired) electrons. The van der Waals surface area contributed by atoms with Crippen molar-refractivity contribution in [3.05, 3.63) is 69.9 Å². The number of benzene rings is 2. The van der Waals surface area contributed by atoms with Crippen LogP contribution in [0, 0.1) is 5.82 Å². The third-order valence-corrected chi connectivity index (χ3v) is 6.24. The van der Waals surface area contributed by atoms with Crippen LogP contribution in [0.3, 0.4) is 0 Å². The Kier molecular flexibility index (Phi) is 7.00. The molecule has 0 fully saturated rings. The normalized spacial score (nSPS) is 10.7. The van der Waals surface area contributed by atoms with Crippen molar-refractivity contribution in [2.24, 2.45) is 0 Å². The Morgan fingerprint density at radius 2 is 1.94 bits per heavy atom. The first-order valence-corrected chi connectivity index (χ1v) is 11.4. The minimum absolute atomic E-state index is 0.174. The number of anilines is 1. The van der Waals surface area contributed by atoms with E-state index in [0.717, 1.165) is 5.56 Å². The standard InChI is InChI=1S/C20H17FN8O2S2/c1-12(30)23-15-3-2-4-16(9-15)29-20(26-27-28-29)32-11-17-24-25-19(33-17)18(31)22-10-13-5-7-14(21)8-6-13/h2-9H,10-11H2,1H3,(H,22,31)(H,23,30). The number of amides is 2. The molecule has 168 valence electrons. The van der Waals surface area contributed by atoms with Crippen LogP contribution in [0.15, 0.2) is 53.7 Å². The number of carbonyl (C=O) groups is 2. The molecule has 2 amide bonds. The molecular weight excluding hydrogens is 467 g/mol. The first kappa shape index (κ1) is 22.5. The number of halogens is 1. The van der Waals surface area contributed by atoms with E-state index < -0.39 is 0 Å². The molecule has 0 bridgehead atoms.